The molecular formula is C13H25F2N3O3. The van der Waals surface area contributed by atoms with E-state index in [1.165, 1.54) is 0 Å². The Kier molecular flexibility index (Phi) is 9.60. The van der Waals surface area contributed by atoms with Gasteiger partial charge in [0.25, 0.3) is 6.43 Å². The maximum Gasteiger partial charge on any atom is 0.261 e. The number of halogens is 2. The van der Waals surface area contributed by atoms with E-state index in [4.69, 9.17) is 10.9 Å². The van der Waals surface area contributed by atoms with Crippen molar-refractivity contribution in [2.75, 3.05) is 19.8 Å². The van der Waals surface area contributed by atoms with E-state index in [9.17, 15) is 13.6 Å². The van der Waals surface area contributed by atoms with E-state index in [2.05, 4.69) is 15.2 Å². The predicted molar refractivity (Wildman–Crippen MR) is 75.5 cm³/mol. The SMILES string of the molecule is CCCC(CCC)(C(=O)NCCOCC(F)F)C(N)=NO. The molecule has 8 heteroatoms. The molecule has 0 aliphatic rings. The van der Waals surface area contributed by atoms with E-state index >= 15 is 0 Å². The van der Waals surface area contributed by atoms with Crippen molar-refractivity contribution in [2.45, 2.75) is 46.0 Å². The molecule has 0 aromatic rings. The summed E-state index contributed by atoms with van der Waals surface area (Å²) in [6, 6.07) is 0. The molecule has 6 nitrogen and oxygen atoms in total. The highest BCUT2D eigenvalue weighted by atomic mass is 19.3. The third-order valence-electron chi connectivity index (χ3n) is 3.16. The molecule has 0 saturated carbocycles. The average Bonchev–Trinajstić information content (AvgIpc) is 2.45. The summed E-state index contributed by atoms with van der Waals surface area (Å²) < 4.78 is 28.5. The average molecular weight is 309 g/mol. The van der Waals surface area contributed by atoms with Crippen molar-refractivity contribution >= 4 is 11.7 Å². The van der Waals surface area contributed by atoms with Crippen molar-refractivity contribution < 1.29 is 23.5 Å². The lowest BCUT2D eigenvalue weighted by atomic mass is 9.77. The topological polar surface area (TPSA) is 96.9 Å². The Bertz CT molecular complexity index is 333. The molecule has 0 unspecified atom stereocenters. The van der Waals surface area contributed by atoms with Gasteiger partial charge in [0, 0.05) is 6.54 Å². The van der Waals surface area contributed by atoms with Crippen molar-refractivity contribution in [1.29, 1.82) is 0 Å². The molecule has 0 aliphatic carbocycles. The Hall–Kier alpha value is -1.44. The van der Waals surface area contributed by atoms with Gasteiger partial charge in [-0.25, -0.2) is 8.78 Å². The van der Waals surface area contributed by atoms with Gasteiger partial charge in [0.1, 0.15) is 12.0 Å². The van der Waals surface area contributed by atoms with Crippen LogP contribution >= 0.6 is 0 Å². The molecule has 0 bridgehead atoms. The molecular weight excluding hydrogens is 284 g/mol. The van der Waals surface area contributed by atoms with Gasteiger partial charge in [-0.3, -0.25) is 4.79 Å². The number of amides is 1. The maximum absolute atomic E-state index is 12.4. The first-order valence-electron chi connectivity index (χ1n) is 7.06. The van der Waals surface area contributed by atoms with Crippen LogP contribution < -0.4 is 11.1 Å². The first kappa shape index (κ1) is 19.6. The zero-order chi connectivity index (χ0) is 16.3. The number of carbonyl (C=O) groups is 1. The summed E-state index contributed by atoms with van der Waals surface area (Å²) in [6.07, 6.45) is -0.269. The molecule has 0 rings (SSSR count). The standard InChI is InChI=1S/C13H25F2N3O3/c1-3-5-13(6-4-2,11(16)18-20)12(19)17-7-8-21-9-10(14)15/h10,20H,3-9H2,1-2H3,(H2,16,18)(H,17,19). The second-order valence-electron chi connectivity index (χ2n) is 4.79. The second-order valence-corrected chi connectivity index (χ2v) is 4.79. The molecule has 0 saturated heterocycles. The molecule has 4 N–H and O–H groups in total. The molecule has 0 aliphatic heterocycles. The van der Waals surface area contributed by atoms with Crippen molar-refractivity contribution in [3.05, 3.63) is 0 Å². The molecule has 21 heavy (non-hydrogen) atoms. The number of hydrogen-bond acceptors (Lipinski definition) is 4. The molecule has 0 aromatic heterocycles. The number of carbonyl (C=O) groups excluding carboxylic acids is 1. The van der Waals surface area contributed by atoms with E-state index < -0.39 is 18.4 Å². The quantitative estimate of drug-likeness (QED) is 0.178. The number of oxime groups is 1. The van der Waals surface area contributed by atoms with Gasteiger partial charge >= 0.3 is 0 Å². The van der Waals surface area contributed by atoms with Gasteiger partial charge in [-0.2, -0.15) is 0 Å². The summed E-state index contributed by atoms with van der Waals surface area (Å²) in [5, 5.41) is 14.5. The minimum atomic E-state index is -2.53. The largest absolute Gasteiger partial charge is 0.409 e. The van der Waals surface area contributed by atoms with Gasteiger partial charge in [0.05, 0.1) is 6.61 Å². The molecule has 0 atom stereocenters. The highest BCUT2D eigenvalue weighted by molar-refractivity contribution is 6.06. The number of alkyl halides is 2. The lowest BCUT2D eigenvalue weighted by molar-refractivity contribution is -0.128. The van der Waals surface area contributed by atoms with Crippen LogP contribution in [-0.2, 0) is 9.53 Å². The fourth-order valence-corrected chi connectivity index (χ4v) is 2.25. The maximum atomic E-state index is 12.4. The summed E-state index contributed by atoms with van der Waals surface area (Å²) in [6.45, 7) is 3.22. The van der Waals surface area contributed by atoms with Gasteiger partial charge in [0.2, 0.25) is 5.91 Å². The molecule has 1 amide bonds. The van der Waals surface area contributed by atoms with Crippen molar-refractivity contribution in [2.24, 2.45) is 16.3 Å². The minimum Gasteiger partial charge on any atom is -0.409 e. The van der Waals surface area contributed by atoms with Crippen molar-refractivity contribution in [3.8, 4) is 0 Å². The first-order chi connectivity index (χ1) is 9.94. The summed E-state index contributed by atoms with van der Waals surface area (Å²) in [5.41, 5.74) is 4.64. The van der Waals surface area contributed by atoms with E-state index in [0.717, 1.165) is 0 Å². The van der Waals surface area contributed by atoms with E-state index in [1.807, 2.05) is 13.8 Å². The van der Waals surface area contributed by atoms with Crippen molar-refractivity contribution in [3.63, 3.8) is 0 Å². The van der Waals surface area contributed by atoms with Gasteiger partial charge in [-0.1, -0.05) is 31.8 Å². The fourth-order valence-electron chi connectivity index (χ4n) is 2.25. The number of nitrogens with two attached hydrogens (primary N) is 1. The number of nitrogens with zero attached hydrogens (tertiary/aromatic N) is 1. The number of nitrogens with one attached hydrogen (secondary N) is 1. The van der Waals surface area contributed by atoms with Crippen LogP contribution in [0.2, 0.25) is 0 Å². The Morgan fingerprint density at radius 3 is 2.38 bits per heavy atom. The first-order valence-corrected chi connectivity index (χ1v) is 7.06. The second kappa shape index (κ2) is 10.3. The minimum absolute atomic E-state index is 0.0133. The summed E-state index contributed by atoms with van der Waals surface area (Å²) in [7, 11) is 0. The zero-order valence-corrected chi connectivity index (χ0v) is 12.6. The predicted octanol–water partition coefficient (Wildman–Crippen LogP) is 1.72. The molecule has 0 aromatic carbocycles. The Morgan fingerprint density at radius 1 is 1.38 bits per heavy atom. The van der Waals surface area contributed by atoms with Crippen LogP contribution in [0.1, 0.15) is 39.5 Å². The third kappa shape index (κ3) is 6.24. The van der Waals surface area contributed by atoms with E-state index in [1.54, 1.807) is 0 Å². The van der Waals surface area contributed by atoms with Gasteiger partial charge in [0.15, 0.2) is 5.84 Å². The van der Waals surface area contributed by atoms with Crippen LogP contribution in [0.15, 0.2) is 5.16 Å². The van der Waals surface area contributed by atoms with Crippen LogP contribution in [-0.4, -0.2) is 43.1 Å². The van der Waals surface area contributed by atoms with E-state index in [0.29, 0.717) is 25.7 Å². The number of ether oxygens (including phenoxy) is 1. The lowest BCUT2D eigenvalue weighted by Gasteiger charge is -2.30. The summed E-state index contributed by atoms with van der Waals surface area (Å²) >= 11 is 0. The molecule has 124 valence electrons. The lowest BCUT2D eigenvalue weighted by Crippen LogP contribution is -2.50. The Balaban J connectivity index is 4.64. The molecule has 0 heterocycles. The fraction of sp³-hybridized carbons (Fsp3) is 0.846. The van der Waals surface area contributed by atoms with Gasteiger partial charge in [-0.15, -0.1) is 0 Å². The van der Waals surface area contributed by atoms with Crippen LogP contribution in [0, 0.1) is 5.41 Å². The number of rotatable bonds is 11. The highest BCUT2D eigenvalue weighted by Gasteiger charge is 2.41. The number of hydrogen-bond donors (Lipinski definition) is 3. The third-order valence-corrected chi connectivity index (χ3v) is 3.16. The summed E-state index contributed by atoms with van der Waals surface area (Å²) in [4.78, 5) is 12.4. The van der Waals surface area contributed by atoms with E-state index in [-0.39, 0.29) is 24.9 Å². The molecule has 0 radical (unpaired) electrons. The van der Waals surface area contributed by atoms with Crippen LogP contribution in [0.3, 0.4) is 0 Å². The highest BCUT2D eigenvalue weighted by Crippen LogP contribution is 2.30. The molecule has 0 spiro atoms. The molecule has 0 fully saturated rings. The summed E-state index contributed by atoms with van der Waals surface area (Å²) in [5.74, 6) is -0.501. The Labute approximate surface area is 123 Å². The number of amidine groups is 1. The monoisotopic (exact) mass is 309 g/mol. The normalized spacial score (nSPS) is 12.7. The van der Waals surface area contributed by atoms with Gasteiger partial charge in [-0.05, 0) is 12.8 Å². The van der Waals surface area contributed by atoms with Gasteiger partial charge < -0.3 is 21.0 Å². The van der Waals surface area contributed by atoms with Crippen LogP contribution in [0.4, 0.5) is 8.78 Å². The van der Waals surface area contributed by atoms with Crippen LogP contribution in [0.25, 0.3) is 0 Å². The van der Waals surface area contributed by atoms with Crippen molar-refractivity contribution in [1.82, 2.24) is 5.32 Å². The van der Waals surface area contributed by atoms with Crippen LogP contribution in [0.5, 0.6) is 0 Å². The Morgan fingerprint density at radius 2 is 1.95 bits per heavy atom. The zero-order valence-electron chi connectivity index (χ0n) is 12.6. The smallest absolute Gasteiger partial charge is 0.261 e.